The molecular weight excluding hydrogens is 224 g/mol. The molecule has 1 aromatic carbocycles. The van der Waals surface area contributed by atoms with Gasteiger partial charge < -0.3 is 10.5 Å². The quantitative estimate of drug-likeness (QED) is 0.888. The summed E-state index contributed by atoms with van der Waals surface area (Å²) in [6.07, 6.45) is 1.60. The van der Waals surface area contributed by atoms with Crippen LogP contribution in [-0.4, -0.2) is 4.98 Å². The number of benzene rings is 1. The second-order valence-corrected chi connectivity index (χ2v) is 3.71. The normalized spacial score (nSPS) is 10.1. The predicted octanol–water partition coefficient (Wildman–Crippen LogP) is 2.90. The Hall–Kier alpha value is -1.74. The minimum atomic E-state index is 0.379. The number of rotatable bonds is 3. The fraction of sp³-hybridized carbons (Fsp3) is 0.0833. The molecule has 0 aliphatic rings. The highest BCUT2D eigenvalue weighted by molar-refractivity contribution is 6.32. The molecule has 0 fully saturated rings. The second kappa shape index (κ2) is 4.86. The van der Waals surface area contributed by atoms with Crippen molar-refractivity contribution in [2.24, 2.45) is 0 Å². The zero-order valence-corrected chi connectivity index (χ0v) is 9.32. The van der Waals surface area contributed by atoms with Crippen LogP contribution in [0.5, 0.6) is 5.75 Å². The molecule has 0 radical (unpaired) electrons. The maximum absolute atomic E-state index is 5.95. The lowest BCUT2D eigenvalue weighted by Crippen LogP contribution is -1.99. The molecule has 0 saturated heterocycles. The van der Waals surface area contributed by atoms with Gasteiger partial charge in [-0.15, -0.1) is 0 Å². The van der Waals surface area contributed by atoms with Crippen LogP contribution < -0.4 is 10.5 Å². The average Bonchev–Trinajstić information content (AvgIpc) is 2.30. The molecule has 0 bridgehead atoms. The van der Waals surface area contributed by atoms with Crippen LogP contribution in [0.2, 0.25) is 5.02 Å². The molecular formula is C12H11ClN2O. The standard InChI is InChI=1S/C12H11ClN2O/c13-11-3-1-2-4-12(11)16-8-10-6-5-9(14)7-15-10/h1-7H,8,14H2. The molecule has 1 aromatic heterocycles. The smallest absolute Gasteiger partial charge is 0.138 e. The van der Waals surface area contributed by atoms with Crippen molar-refractivity contribution in [1.29, 1.82) is 0 Å². The Bertz CT molecular complexity index is 471. The van der Waals surface area contributed by atoms with E-state index in [9.17, 15) is 0 Å². The molecule has 0 saturated carbocycles. The van der Waals surface area contributed by atoms with Gasteiger partial charge in [0.2, 0.25) is 0 Å². The van der Waals surface area contributed by atoms with Crippen LogP contribution in [0.1, 0.15) is 5.69 Å². The summed E-state index contributed by atoms with van der Waals surface area (Å²) in [6.45, 7) is 0.379. The van der Waals surface area contributed by atoms with Gasteiger partial charge in [0.05, 0.1) is 22.6 Å². The van der Waals surface area contributed by atoms with Gasteiger partial charge in [-0.05, 0) is 24.3 Å². The lowest BCUT2D eigenvalue weighted by molar-refractivity contribution is 0.301. The van der Waals surface area contributed by atoms with E-state index in [2.05, 4.69) is 4.98 Å². The van der Waals surface area contributed by atoms with Crippen molar-refractivity contribution < 1.29 is 4.74 Å². The van der Waals surface area contributed by atoms with Crippen LogP contribution in [0.15, 0.2) is 42.6 Å². The van der Waals surface area contributed by atoms with Gasteiger partial charge in [0, 0.05) is 0 Å². The first-order chi connectivity index (χ1) is 7.75. The van der Waals surface area contributed by atoms with Crippen molar-refractivity contribution in [1.82, 2.24) is 4.98 Å². The molecule has 3 nitrogen and oxygen atoms in total. The zero-order chi connectivity index (χ0) is 11.4. The van der Waals surface area contributed by atoms with Gasteiger partial charge in [0.25, 0.3) is 0 Å². The maximum atomic E-state index is 5.95. The maximum Gasteiger partial charge on any atom is 0.138 e. The molecule has 82 valence electrons. The van der Waals surface area contributed by atoms with E-state index in [0.717, 1.165) is 5.69 Å². The summed E-state index contributed by atoms with van der Waals surface area (Å²) in [5, 5.41) is 0.595. The van der Waals surface area contributed by atoms with E-state index in [1.807, 2.05) is 24.3 Å². The number of halogens is 1. The minimum Gasteiger partial charge on any atom is -0.486 e. The summed E-state index contributed by atoms with van der Waals surface area (Å²) >= 11 is 5.95. The lowest BCUT2D eigenvalue weighted by Gasteiger charge is -2.07. The highest BCUT2D eigenvalue weighted by Crippen LogP contribution is 2.23. The highest BCUT2D eigenvalue weighted by atomic mass is 35.5. The first-order valence-electron chi connectivity index (χ1n) is 4.83. The lowest BCUT2D eigenvalue weighted by atomic mass is 10.3. The molecule has 0 amide bonds. The summed E-state index contributed by atoms with van der Waals surface area (Å²) in [6, 6.07) is 11.0. The Kier molecular flexibility index (Phi) is 3.27. The Morgan fingerprint density at radius 1 is 1.19 bits per heavy atom. The minimum absolute atomic E-state index is 0.379. The largest absolute Gasteiger partial charge is 0.486 e. The van der Waals surface area contributed by atoms with Gasteiger partial charge in [-0.25, -0.2) is 0 Å². The van der Waals surface area contributed by atoms with Crippen molar-refractivity contribution in [3.8, 4) is 5.75 Å². The Labute approximate surface area is 98.8 Å². The van der Waals surface area contributed by atoms with E-state index in [4.69, 9.17) is 22.1 Å². The monoisotopic (exact) mass is 234 g/mol. The molecule has 16 heavy (non-hydrogen) atoms. The van der Waals surface area contributed by atoms with E-state index in [1.54, 1.807) is 18.3 Å². The van der Waals surface area contributed by atoms with E-state index in [1.165, 1.54) is 0 Å². The van der Waals surface area contributed by atoms with Crippen molar-refractivity contribution in [2.45, 2.75) is 6.61 Å². The summed E-state index contributed by atoms with van der Waals surface area (Å²) in [5.74, 6) is 0.655. The van der Waals surface area contributed by atoms with Gasteiger partial charge in [0.1, 0.15) is 12.4 Å². The molecule has 2 rings (SSSR count). The molecule has 0 unspecified atom stereocenters. The third-order valence-electron chi connectivity index (χ3n) is 2.06. The molecule has 0 atom stereocenters. The van der Waals surface area contributed by atoms with Crippen LogP contribution in [0.25, 0.3) is 0 Å². The fourth-order valence-electron chi connectivity index (χ4n) is 1.23. The number of anilines is 1. The topological polar surface area (TPSA) is 48.1 Å². The van der Waals surface area contributed by atoms with Crippen molar-refractivity contribution in [3.05, 3.63) is 53.3 Å². The predicted molar refractivity (Wildman–Crippen MR) is 64.4 cm³/mol. The van der Waals surface area contributed by atoms with Crippen LogP contribution in [0.3, 0.4) is 0 Å². The van der Waals surface area contributed by atoms with E-state index < -0.39 is 0 Å². The summed E-state index contributed by atoms with van der Waals surface area (Å²) < 4.78 is 5.53. The van der Waals surface area contributed by atoms with E-state index >= 15 is 0 Å². The third kappa shape index (κ3) is 2.64. The number of nitrogen functional groups attached to an aromatic ring is 1. The van der Waals surface area contributed by atoms with Crippen LogP contribution in [0, 0.1) is 0 Å². The Morgan fingerprint density at radius 3 is 2.69 bits per heavy atom. The summed E-state index contributed by atoms with van der Waals surface area (Å²) in [7, 11) is 0. The van der Waals surface area contributed by atoms with E-state index in [0.29, 0.717) is 23.1 Å². The molecule has 1 heterocycles. The fourth-order valence-corrected chi connectivity index (χ4v) is 1.43. The molecule has 2 aromatic rings. The van der Waals surface area contributed by atoms with Crippen LogP contribution >= 0.6 is 11.6 Å². The number of hydrogen-bond acceptors (Lipinski definition) is 3. The number of nitrogens with two attached hydrogens (primary N) is 1. The SMILES string of the molecule is Nc1ccc(COc2ccccc2Cl)nc1. The van der Waals surface area contributed by atoms with Gasteiger partial charge in [0.15, 0.2) is 0 Å². The van der Waals surface area contributed by atoms with E-state index in [-0.39, 0.29) is 0 Å². The molecule has 0 spiro atoms. The Balaban J connectivity index is 2.02. The van der Waals surface area contributed by atoms with Crippen molar-refractivity contribution in [3.63, 3.8) is 0 Å². The Morgan fingerprint density at radius 2 is 2.00 bits per heavy atom. The molecule has 0 aliphatic carbocycles. The number of hydrogen-bond donors (Lipinski definition) is 1. The first-order valence-corrected chi connectivity index (χ1v) is 5.21. The number of pyridine rings is 1. The second-order valence-electron chi connectivity index (χ2n) is 3.30. The van der Waals surface area contributed by atoms with Crippen LogP contribution in [-0.2, 0) is 6.61 Å². The first kappa shape index (κ1) is 10.8. The number of aromatic nitrogens is 1. The summed E-state index contributed by atoms with van der Waals surface area (Å²) in [4.78, 5) is 4.13. The van der Waals surface area contributed by atoms with Gasteiger partial charge in [-0.3, -0.25) is 4.98 Å². The third-order valence-corrected chi connectivity index (χ3v) is 2.37. The number of ether oxygens (including phenoxy) is 1. The number of nitrogens with zero attached hydrogens (tertiary/aromatic N) is 1. The van der Waals surface area contributed by atoms with Gasteiger partial charge in [-0.2, -0.15) is 0 Å². The summed E-state index contributed by atoms with van der Waals surface area (Å²) in [5.41, 5.74) is 6.99. The molecule has 4 heteroatoms. The average molecular weight is 235 g/mol. The van der Waals surface area contributed by atoms with Crippen LogP contribution in [0.4, 0.5) is 5.69 Å². The number of para-hydroxylation sites is 1. The van der Waals surface area contributed by atoms with Gasteiger partial charge >= 0.3 is 0 Å². The van der Waals surface area contributed by atoms with Gasteiger partial charge in [-0.1, -0.05) is 23.7 Å². The zero-order valence-electron chi connectivity index (χ0n) is 8.56. The highest BCUT2D eigenvalue weighted by Gasteiger charge is 2.00. The van der Waals surface area contributed by atoms with Crippen molar-refractivity contribution in [2.75, 3.05) is 5.73 Å². The van der Waals surface area contributed by atoms with Crippen molar-refractivity contribution >= 4 is 17.3 Å². The molecule has 0 aliphatic heterocycles. The molecule has 2 N–H and O–H groups in total.